The molecule has 1 amide bonds. The van der Waals surface area contributed by atoms with Crippen LogP contribution < -0.4 is 0 Å². The van der Waals surface area contributed by atoms with Gasteiger partial charge in [0.05, 0.1) is 12.1 Å². The second-order valence-corrected chi connectivity index (χ2v) is 9.61. The van der Waals surface area contributed by atoms with E-state index in [-0.39, 0.29) is 24.3 Å². The second kappa shape index (κ2) is 14.3. The number of carboxylic acid groups (broad SMARTS) is 1. The van der Waals surface area contributed by atoms with E-state index in [1.54, 1.807) is 11.8 Å². The molecule has 31 heavy (non-hydrogen) atoms. The van der Waals surface area contributed by atoms with Gasteiger partial charge in [0, 0.05) is 25.1 Å². The number of likely N-dealkylation sites (tertiary alicyclic amines) is 1. The fourth-order valence-corrected chi connectivity index (χ4v) is 4.76. The van der Waals surface area contributed by atoms with Crippen LogP contribution in [0.5, 0.6) is 0 Å². The molecular formula is C25H37NO4S. The zero-order chi connectivity index (χ0) is 22.5. The number of rotatable bonds is 15. The van der Waals surface area contributed by atoms with Crippen molar-refractivity contribution in [1.82, 2.24) is 4.90 Å². The van der Waals surface area contributed by atoms with E-state index in [0.29, 0.717) is 19.4 Å². The number of aliphatic hydroxyl groups excluding tert-OH is 1. The maximum Gasteiger partial charge on any atom is 0.303 e. The van der Waals surface area contributed by atoms with Gasteiger partial charge >= 0.3 is 5.97 Å². The van der Waals surface area contributed by atoms with Crippen LogP contribution in [-0.4, -0.2) is 57.2 Å². The number of aliphatic carboxylic acids is 1. The Balaban J connectivity index is 1.66. The number of hydrogen-bond donors (Lipinski definition) is 2. The number of nitrogens with zero attached hydrogens (tertiary/aromatic N) is 1. The van der Waals surface area contributed by atoms with Gasteiger partial charge in [-0.2, -0.15) is 11.8 Å². The highest BCUT2D eigenvalue weighted by atomic mass is 32.2. The zero-order valence-electron chi connectivity index (χ0n) is 18.6. The number of aliphatic hydroxyl groups is 1. The van der Waals surface area contributed by atoms with Crippen LogP contribution >= 0.6 is 11.8 Å². The van der Waals surface area contributed by atoms with E-state index in [1.807, 2.05) is 23.1 Å². The molecule has 6 heteroatoms. The molecule has 1 aromatic rings. The minimum Gasteiger partial charge on any atom is -0.481 e. The van der Waals surface area contributed by atoms with E-state index in [0.717, 1.165) is 43.6 Å². The predicted octanol–water partition coefficient (Wildman–Crippen LogP) is 4.54. The van der Waals surface area contributed by atoms with Crippen LogP contribution in [0.4, 0.5) is 0 Å². The van der Waals surface area contributed by atoms with Crippen LogP contribution in [0.3, 0.4) is 0 Å². The van der Waals surface area contributed by atoms with Crippen molar-refractivity contribution >= 4 is 23.6 Å². The van der Waals surface area contributed by atoms with Gasteiger partial charge < -0.3 is 15.1 Å². The molecule has 0 aliphatic carbocycles. The van der Waals surface area contributed by atoms with Gasteiger partial charge in [0.1, 0.15) is 0 Å². The number of carboxylic acids is 1. The average molecular weight is 448 g/mol. The number of amides is 1. The minimum atomic E-state index is -0.760. The van der Waals surface area contributed by atoms with Crippen molar-refractivity contribution in [1.29, 1.82) is 0 Å². The van der Waals surface area contributed by atoms with Gasteiger partial charge in [-0.25, -0.2) is 0 Å². The summed E-state index contributed by atoms with van der Waals surface area (Å²) in [6.07, 6.45) is 9.89. The quantitative estimate of drug-likeness (QED) is 0.305. The first-order valence-electron chi connectivity index (χ1n) is 11.5. The largest absolute Gasteiger partial charge is 0.481 e. The van der Waals surface area contributed by atoms with E-state index >= 15 is 0 Å². The molecule has 5 nitrogen and oxygen atoms in total. The van der Waals surface area contributed by atoms with Crippen LogP contribution in [0, 0.1) is 5.92 Å². The summed E-state index contributed by atoms with van der Waals surface area (Å²) in [4.78, 5) is 24.7. The number of carbonyl (C=O) groups excluding carboxylic acids is 1. The summed E-state index contributed by atoms with van der Waals surface area (Å²) < 4.78 is 0. The Bertz CT molecular complexity index is 694. The van der Waals surface area contributed by atoms with Gasteiger partial charge in [-0.1, -0.05) is 55.8 Å². The van der Waals surface area contributed by atoms with E-state index in [2.05, 4.69) is 31.2 Å². The topological polar surface area (TPSA) is 77.8 Å². The van der Waals surface area contributed by atoms with Crippen molar-refractivity contribution in [3.8, 4) is 0 Å². The Morgan fingerprint density at radius 3 is 2.74 bits per heavy atom. The normalized spacial score (nSPS) is 18.6. The van der Waals surface area contributed by atoms with E-state index in [4.69, 9.17) is 5.11 Å². The van der Waals surface area contributed by atoms with E-state index in [9.17, 15) is 14.7 Å². The molecular weight excluding hydrogens is 410 g/mol. The Hall–Kier alpha value is -1.79. The number of hydrogen-bond acceptors (Lipinski definition) is 4. The molecule has 1 heterocycles. The lowest BCUT2D eigenvalue weighted by molar-refractivity contribution is -0.137. The number of thioether (sulfide) groups is 1. The average Bonchev–Trinajstić information content (AvgIpc) is 3.11. The zero-order valence-corrected chi connectivity index (χ0v) is 19.4. The van der Waals surface area contributed by atoms with E-state index < -0.39 is 12.1 Å². The first-order chi connectivity index (χ1) is 15.0. The van der Waals surface area contributed by atoms with Crippen LogP contribution in [0.15, 0.2) is 42.5 Å². The molecule has 1 aliphatic rings. The third kappa shape index (κ3) is 9.92. The summed E-state index contributed by atoms with van der Waals surface area (Å²) in [5.41, 5.74) is 1.36. The number of carbonyl (C=O) groups is 2. The Morgan fingerprint density at radius 2 is 2.00 bits per heavy atom. The summed E-state index contributed by atoms with van der Waals surface area (Å²) in [6, 6.07) is 10.6. The molecule has 2 N–H and O–H groups in total. The van der Waals surface area contributed by atoms with Crippen molar-refractivity contribution in [3.05, 3.63) is 48.0 Å². The second-order valence-electron chi connectivity index (χ2n) is 8.39. The molecule has 1 fully saturated rings. The molecule has 2 rings (SSSR count). The Labute approximate surface area is 190 Å². The van der Waals surface area contributed by atoms with Crippen LogP contribution in [-0.2, 0) is 16.0 Å². The molecule has 3 atom stereocenters. The number of aryl methyl sites for hydroxylation is 1. The standard InChI is InChI=1S/C25H37NO4S/c1-20(8-5-6-11-21-9-3-2-4-10-21)23(27)15-13-22-14-16-24(28)26(22)17-19-31-18-7-12-25(29)30/h2-4,9-10,13,15,20,22-23,27H,5-8,11-12,14,16-19H2,1H3,(H,29,30)/t20-,22-,23-/m0/s1. The molecule has 1 saturated heterocycles. The SMILES string of the molecule is C[C@@H](CCCCc1ccccc1)[C@@H](O)C=C[C@H]1CCC(=O)N1CCSCCCC(=O)O. The summed E-state index contributed by atoms with van der Waals surface area (Å²) in [7, 11) is 0. The van der Waals surface area contributed by atoms with E-state index in [1.165, 1.54) is 5.56 Å². The van der Waals surface area contributed by atoms with Gasteiger partial charge in [-0.15, -0.1) is 0 Å². The minimum absolute atomic E-state index is 0.0621. The monoisotopic (exact) mass is 447 g/mol. The molecule has 0 spiro atoms. The maximum absolute atomic E-state index is 12.2. The third-order valence-corrected chi connectivity index (χ3v) is 6.91. The molecule has 172 valence electrons. The van der Waals surface area contributed by atoms with Crippen molar-refractivity contribution in [2.75, 3.05) is 18.1 Å². The highest BCUT2D eigenvalue weighted by Gasteiger charge is 2.28. The molecule has 1 aliphatic heterocycles. The van der Waals surface area contributed by atoms with Gasteiger partial charge in [0.2, 0.25) is 5.91 Å². The summed E-state index contributed by atoms with van der Waals surface area (Å²) >= 11 is 1.69. The van der Waals surface area contributed by atoms with Crippen molar-refractivity contribution in [2.45, 2.75) is 70.4 Å². The van der Waals surface area contributed by atoms with Crippen LogP contribution in [0.1, 0.15) is 57.4 Å². The fraction of sp³-hybridized carbons (Fsp3) is 0.600. The van der Waals surface area contributed by atoms with Crippen molar-refractivity contribution in [2.24, 2.45) is 5.92 Å². The maximum atomic E-state index is 12.2. The highest BCUT2D eigenvalue weighted by molar-refractivity contribution is 7.99. The van der Waals surface area contributed by atoms with Gasteiger partial charge in [-0.05, 0) is 49.3 Å². The summed E-state index contributed by atoms with van der Waals surface area (Å²) in [5, 5.41) is 19.2. The van der Waals surface area contributed by atoms with Gasteiger partial charge in [0.15, 0.2) is 0 Å². The number of unbranched alkanes of at least 4 members (excludes halogenated alkanes) is 1. The summed E-state index contributed by atoms with van der Waals surface area (Å²) in [6.45, 7) is 2.76. The van der Waals surface area contributed by atoms with Crippen molar-refractivity contribution in [3.63, 3.8) is 0 Å². The molecule has 0 aromatic heterocycles. The third-order valence-electron chi connectivity index (χ3n) is 5.86. The molecule has 0 radical (unpaired) electrons. The fourth-order valence-electron chi connectivity index (χ4n) is 3.88. The predicted molar refractivity (Wildman–Crippen MR) is 127 cm³/mol. The number of benzene rings is 1. The summed E-state index contributed by atoms with van der Waals surface area (Å²) in [5.74, 6) is 1.22. The lowest BCUT2D eigenvalue weighted by Gasteiger charge is -2.23. The lowest BCUT2D eigenvalue weighted by atomic mass is 9.95. The van der Waals surface area contributed by atoms with Crippen molar-refractivity contribution < 1.29 is 19.8 Å². The molecule has 0 bridgehead atoms. The highest BCUT2D eigenvalue weighted by Crippen LogP contribution is 2.22. The first kappa shape index (κ1) is 25.5. The van der Waals surface area contributed by atoms with Crippen LogP contribution in [0.25, 0.3) is 0 Å². The smallest absolute Gasteiger partial charge is 0.303 e. The Kier molecular flexibility index (Phi) is 11.8. The van der Waals surface area contributed by atoms with Gasteiger partial charge in [0.25, 0.3) is 0 Å². The lowest BCUT2D eigenvalue weighted by Crippen LogP contribution is -2.34. The first-order valence-corrected chi connectivity index (χ1v) is 12.6. The van der Waals surface area contributed by atoms with Gasteiger partial charge in [-0.3, -0.25) is 9.59 Å². The molecule has 0 unspecified atom stereocenters. The molecule has 0 saturated carbocycles. The molecule has 1 aromatic carbocycles. The van der Waals surface area contributed by atoms with Crippen LogP contribution in [0.2, 0.25) is 0 Å². The Morgan fingerprint density at radius 1 is 1.23 bits per heavy atom.